The summed E-state index contributed by atoms with van der Waals surface area (Å²) < 4.78 is 11.0. The van der Waals surface area contributed by atoms with Gasteiger partial charge in [0.1, 0.15) is 11.3 Å². The number of methoxy groups -OCH3 is 1. The van der Waals surface area contributed by atoms with Gasteiger partial charge in [0.2, 0.25) is 5.78 Å². The van der Waals surface area contributed by atoms with Gasteiger partial charge in [0.15, 0.2) is 5.76 Å². The van der Waals surface area contributed by atoms with Crippen molar-refractivity contribution >= 4 is 32.7 Å². The molecule has 0 saturated heterocycles. The smallest absolute Gasteiger partial charge is 0.228 e. The fraction of sp³-hybridized carbons (Fsp3) is 0.118. The Labute approximate surface area is 130 Å². The van der Waals surface area contributed by atoms with E-state index in [1.165, 1.54) is 0 Å². The van der Waals surface area contributed by atoms with E-state index in [0.717, 1.165) is 10.9 Å². The second kappa shape index (κ2) is 5.74. The molecular weight excluding hydrogens is 332 g/mol. The van der Waals surface area contributed by atoms with E-state index in [2.05, 4.69) is 15.9 Å². The molecule has 4 heteroatoms. The molecule has 0 aliphatic rings. The predicted octanol–water partition coefficient (Wildman–Crippen LogP) is 4.57. The molecule has 106 valence electrons. The zero-order valence-electron chi connectivity index (χ0n) is 11.4. The minimum Gasteiger partial charge on any atom is -0.497 e. The number of carbonyl (C=O) groups excluding carboxylic acids is 1. The SMILES string of the molecule is COc1ccc2c(CBr)c(C(=O)c3ccccc3)oc2c1. The second-order valence-electron chi connectivity index (χ2n) is 4.60. The van der Waals surface area contributed by atoms with Gasteiger partial charge in [-0.25, -0.2) is 0 Å². The van der Waals surface area contributed by atoms with E-state index in [-0.39, 0.29) is 5.78 Å². The van der Waals surface area contributed by atoms with Gasteiger partial charge in [0.25, 0.3) is 0 Å². The highest BCUT2D eigenvalue weighted by molar-refractivity contribution is 9.08. The third kappa shape index (κ3) is 2.47. The molecule has 21 heavy (non-hydrogen) atoms. The molecule has 0 amide bonds. The minimum absolute atomic E-state index is 0.111. The molecule has 0 bridgehead atoms. The number of fused-ring (bicyclic) bond motifs is 1. The maximum atomic E-state index is 12.6. The van der Waals surface area contributed by atoms with Crippen LogP contribution in [0.1, 0.15) is 21.7 Å². The van der Waals surface area contributed by atoms with E-state index >= 15 is 0 Å². The Bertz CT molecular complexity index is 790. The molecular formula is C17H13BrO3. The maximum Gasteiger partial charge on any atom is 0.228 e. The van der Waals surface area contributed by atoms with Gasteiger partial charge in [0, 0.05) is 27.9 Å². The summed E-state index contributed by atoms with van der Waals surface area (Å²) >= 11 is 3.44. The van der Waals surface area contributed by atoms with Crippen molar-refractivity contribution in [2.75, 3.05) is 7.11 Å². The van der Waals surface area contributed by atoms with Gasteiger partial charge in [-0.05, 0) is 12.1 Å². The molecule has 0 N–H and O–H groups in total. The lowest BCUT2D eigenvalue weighted by molar-refractivity contribution is 0.101. The van der Waals surface area contributed by atoms with Crippen LogP contribution in [0.4, 0.5) is 0 Å². The van der Waals surface area contributed by atoms with Crippen LogP contribution in [0.15, 0.2) is 52.9 Å². The first-order chi connectivity index (χ1) is 10.2. The molecule has 0 atom stereocenters. The molecule has 0 aliphatic carbocycles. The summed E-state index contributed by atoms with van der Waals surface area (Å²) in [5, 5.41) is 1.48. The van der Waals surface area contributed by atoms with Crippen molar-refractivity contribution < 1.29 is 13.9 Å². The van der Waals surface area contributed by atoms with Crippen LogP contribution in [0.2, 0.25) is 0 Å². The van der Waals surface area contributed by atoms with Crippen molar-refractivity contribution in [1.29, 1.82) is 0 Å². The highest BCUT2D eigenvalue weighted by Gasteiger charge is 2.21. The molecule has 3 rings (SSSR count). The first-order valence-electron chi connectivity index (χ1n) is 6.49. The number of alkyl halides is 1. The van der Waals surface area contributed by atoms with E-state index in [0.29, 0.717) is 28.0 Å². The average molecular weight is 345 g/mol. The molecule has 0 aliphatic heterocycles. The van der Waals surface area contributed by atoms with E-state index in [4.69, 9.17) is 9.15 Å². The second-order valence-corrected chi connectivity index (χ2v) is 5.16. The number of ketones is 1. The lowest BCUT2D eigenvalue weighted by Crippen LogP contribution is -2.01. The number of hydrogen-bond donors (Lipinski definition) is 0. The predicted molar refractivity (Wildman–Crippen MR) is 85.3 cm³/mol. The molecule has 3 nitrogen and oxygen atoms in total. The van der Waals surface area contributed by atoms with Crippen LogP contribution < -0.4 is 4.74 Å². The molecule has 1 heterocycles. The van der Waals surface area contributed by atoms with Gasteiger partial charge in [-0.3, -0.25) is 4.79 Å². The minimum atomic E-state index is -0.111. The fourth-order valence-electron chi connectivity index (χ4n) is 2.29. The Morgan fingerprint density at radius 2 is 1.95 bits per heavy atom. The summed E-state index contributed by atoms with van der Waals surface area (Å²) in [5.74, 6) is 0.970. The van der Waals surface area contributed by atoms with Crippen LogP contribution in [0.5, 0.6) is 5.75 Å². The summed E-state index contributed by atoms with van der Waals surface area (Å²) in [7, 11) is 1.60. The molecule has 0 saturated carbocycles. The Hall–Kier alpha value is -2.07. The topological polar surface area (TPSA) is 39.4 Å². The quantitative estimate of drug-likeness (QED) is 0.514. The summed E-state index contributed by atoms with van der Waals surface area (Å²) in [4.78, 5) is 12.6. The van der Waals surface area contributed by atoms with E-state index in [9.17, 15) is 4.79 Å². The zero-order valence-corrected chi connectivity index (χ0v) is 13.0. The molecule has 3 aromatic rings. The number of carbonyl (C=O) groups is 1. The number of furan rings is 1. The lowest BCUT2D eigenvalue weighted by atomic mass is 10.0. The van der Waals surface area contributed by atoms with Gasteiger partial charge < -0.3 is 9.15 Å². The number of hydrogen-bond acceptors (Lipinski definition) is 3. The Kier molecular flexibility index (Phi) is 3.80. The van der Waals surface area contributed by atoms with Gasteiger partial charge in [-0.15, -0.1) is 0 Å². The Balaban J connectivity index is 2.16. The first-order valence-corrected chi connectivity index (χ1v) is 7.62. The highest BCUT2D eigenvalue weighted by atomic mass is 79.9. The largest absolute Gasteiger partial charge is 0.497 e. The van der Waals surface area contributed by atoms with Gasteiger partial charge >= 0.3 is 0 Å². The Morgan fingerprint density at radius 3 is 2.62 bits per heavy atom. The number of halogens is 1. The Morgan fingerprint density at radius 1 is 1.19 bits per heavy atom. The zero-order chi connectivity index (χ0) is 14.8. The summed E-state index contributed by atoms with van der Waals surface area (Å²) in [6, 6.07) is 14.7. The van der Waals surface area contributed by atoms with Gasteiger partial charge in [0.05, 0.1) is 7.11 Å². The van der Waals surface area contributed by atoms with Gasteiger partial charge in [-0.2, -0.15) is 0 Å². The number of rotatable bonds is 4. The van der Waals surface area contributed by atoms with Crippen LogP contribution in [0, 0.1) is 0 Å². The first kappa shape index (κ1) is 13.9. The fourth-order valence-corrected chi connectivity index (χ4v) is 2.85. The number of ether oxygens (including phenoxy) is 1. The van der Waals surface area contributed by atoms with Crippen molar-refractivity contribution in [3.8, 4) is 5.75 Å². The van der Waals surface area contributed by atoms with Crippen LogP contribution in [-0.4, -0.2) is 12.9 Å². The molecule has 0 fully saturated rings. The molecule has 0 spiro atoms. The van der Waals surface area contributed by atoms with Crippen LogP contribution in [0.3, 0.4) is 0 Å². The van der Waals surface area contributed by atoms with Crippen molar-refractivity contribution in [3.63, 3.8) is 0 Å². The van der Waals surface area contributed by atoms with E-state index in [1.54, 1.807) is 25.3 Å². The number of benzene rings is 2. The van der Waals surface area contributed by atoms with Crippen molar-refractivity contribution in [2.24, 2.45) is 0 Å². The normalized spacial score (nSPS) is 10.8. The van der Waals surface area contributed by atoms with Crippen molar-refractivity contribution in [2.45, 2.75) is 5.33 Å². The third-order valence-corrected chi connectivity index (χ3v) is 3.94. The van der Waals surface area contributed by atoms with Crippen LogP contribution in [0.25, 0.3) is 11.0 Å². The summed E-state index contributed by atoms with van der Waals surface area (Å²) in [6.07, 6.45) is 0. The van der Waals surface area contributed by atoms with E-state index in [1.807, 2.05) is 30.3 Å². The summed E-state index contributed by atoms with van der Waals surface area (Å²) in [6.45, 7) is 0. The molecule has 2 aromatic carbocycles. The van der Waals surface area contributed by atoms with Crippen molar-refractivity contribution in [3.05, 3.63) is 65.4 Å². The highest BCUT2D eigenvalue weighted by Crippen LogP contribution is 2.32. The van der Waals surface area contributed by atoms with Crippen molar-refractivity contribution in [1.82, 2.24) is 0 Å². The average Bonchev–Trinajstić information content (AvgIpc) is 2.92. The standard InChI is InChI=1S/C17H13BrO3/c1-20-12-7-8-13-14(10-18)17(21-15(13)9-12)16(19)11-5-3-2-4-6-11/h2-9H,10H2,1H3. The lowest BCUT2D eigenvalue weighted by Gasteiger charge is -1.99. The van der Waals surface area contributed by atoms with Gasteiger partial charge in [-0.1, -0.05) is 46.3 Å². The molecule has 1 aromatic heterocycles. The monoisotopic (exact) mass is 344 g/mol. The van der Waals surface area contributed by atoms with E-state index < -0.39 is 0 Å². The van der Waals surface area contributed by atoms with Crippen LogP contribution in [-0.2, 0) is 5.33 Å². The molecule has 0 unspecified atom stereocenters. The third-order valence-electron chi connectivity index (χ3n) is 3.38. The maximum absolute atomic E-state index is 12.6. The van der Waals surface area contributed by atoms with Crippen LogP contribution >= 0.6 is 15.9 Å². The summed E-state index contributed by atoms with van der Waals surface area (Å²) in [5.41, 5.74) is 2.13. The molecule has 0 radical (unpaired) electrons.